The summed E-state index contributed by atoms with van der Waals surface area (Å²) in [4.78, 5) is 19.1. The van der Waals surface area contributed by atoms with Gasteiger partial charge in [-0.05, 0) is 53.8 Å². The molecule has 3 heterocycles. The van der Waals surface area contributed by atoms with Gasteiger partial charge in [0.1, 0.15) is 0 Å². The van der Waals surface area contributed by atoms with E-state index >= 15 is 0 Å². The van der Waals surface area contributed by atoms with Crippen LogP contribution in [0.1, 0.15) is 5.56 Å². The molecule has 0 saturated carbocycles. The molecule has 4 aromatic rings. The van der Waals surface area contributed by atoms with Gasteiger partial charge in [-0.25, -0.2) is 0 Å². The Labute approximate surface area is 172 Å². The number of piperazine rings is 1. The molecule has 2 aromatic heterocycles. The van der Waals surface area contributed by atoms with Gasteiger partial charge in [-0.1, -0.05) is 12.1 Å². The lowest BCUT2D eigenvalue weighted by Crippen LogP contribution is -2.47. The number of anilines is 1. The Morgan fingerprint density at radius 1 is 1.00 bits per heavy atom. The minimum atomic E-state index is -0.120. The van der Waals surface area contributed by atoms with Crippen LogP contribution in [0.4, 0.5) is 10.1 Å². The topological polar surface area (TPSA) is 39.3 Å². The van der Waals surface area contributed by atoms with Crippen molar-refractivity contribution in [3.63, 3.8) is 0 Å². The van der Waals surface area contributed by atoms with Crippen LogP contribution in [0.2, 0.25) is 0 Å². The first-order valence-electron chi connectivity index (χ1n) is 9.93. The fourth-order valence-electron chi connectivity index (χ4n) is 4.15. The maximum absolute atomic E-state index is 13.7. The standard InChI is InChI=1S/C23H22FN3OS/c24-22-15-18-20(2-1-3-21(18)29-22)27-12-10-26(11-13-27)9-8-16-4-6-19-17(14-16)5-7-23(28)25-19/h1-7,14-15H,8-13H2,(H,25,28). The summed E-state index contributed by atoms with van der Waals surface area (Å²) in [5.41, 5.74) is 3.24. The maximum atomic E-state index is 13.7. The molecule has 0 aliphatic carbocycles. The molecule has 4 nitrogen and oxygen atoms in total. The van der Waals surface area contributed by atoms with Crippen molar-refractivity contribution in [2.75, 3.05) is 37.6 Å². The average Bonchev–Trinajstić information content (AvgIpc) is 3.13. The van der Waals surface area contributed by atoms with Gasteiger partial charge in [0.05, 0.1) is 0 Å². The monoisotopic (exact) mass is 407 g/mol. The number of aromatic nitrogens is 1. The van der Waals surface area contributed by atoms with Crippen LogP contribution in [0.25, 0.3) is 21.0 Å². The molecule has 0 atom stereocenters. The lowest BCUT2D eigenvalue weighted by Gasteiger charge is -2.36. The van der Waals surface area contributed by atoms with E-state index in [4.69, 9.17) is 0 Å². The first kappa shape index (κ1) is 18.3. The number of fused-ring (bicyclic) bond motifs is 2. The van der Waals surface area contributed by atoms with E-state index in [0.717, 1.165) is 65.8 Å². The normalized spacial score (nSPS) is 15.4. The van der Waals surface area contributed by atoms with Gasteiger partial charge in [0.2, 0.25) is 5.56 Å². The molecule has 1 aliphatic heterocycles. The molecule has 0 spiro atoms. The highest BCUT2D eigenvalue weighted by Gasteiger charge is 2.19. The molecule has 1 aliphatic rings. The average molecular weight is 408 g/mol. The predicted octanol–water partition coefficient (Wildman–Crippen LogP) is 4.25. The molecular formula is C23H22FN3OS. The first-order valence-corrected chi connectivity index (χ1v) is 10.7. The van der Waals surface area contributed by atoms with Crippen molar-refractivity contribution in [2.24, 2.45) is 0 Å². The number of thiophene rings is 1. The third-order valence-electron chi connectivity index (χ3n) is 5.73. The van der Waals surface area contributed by atoms with Crippen molar-refractivity contribution in [3.8, 4) is 0 Å². The number of nitrogens with zero attached hydrogens (tertiary/aromatic N) is 2. The summed E-state index contributed by atoms with van der Waals surface area (Å²) < 4.78 is 14.7. The molecule has 0 radical (unpaired) electrons. The van der Waals surface area contributed by atoms with Crippen LogP contribution < -0.4 is 10.5 Å². The number of H-pyrrole nitrogens is 1. The van der Waals surface area contributed by atoms with E-state index in [0.29, 0.717) is 0 Å². The zero-order valence-electron chi connectivity index (χ0n) is 16.0. The number of aromatic amines is 1. The molecule has 0 amide bonds. The highest BCUT2D eigenvalue weighted by Crippen LogP contribution is 2.33. The van der Waals surface area contributed by atoms with Crippen LogP contribution in [-0.2, 0) is 6.42 Å². The third-order valence-corrected chi connectivity index (χ3v) is 6.61. The van der Waals surface area contributed by atoms with Crippen molar-refractivity contribution in [2.45, 2.75) is 6.42 Å². The fourth-order valence-corrected chi connectivity index (χ4v) is 4.96. The Morgan fingerprint density at radius 3 is 2.72 bits per heavy atom. The number of hydrogen-bond acceptors (Lipinski definition) is 4. The second kappa shape index (κ2) is 7.61. The minimum absolute atomic E-state index is 0.0657. The van der Waals surface area contributed by atoms with Gasteiger partial charge in [0.15, 0.2) is 5.13 Å². The summed E-state index contributed by atoms with van der Waals surface area (Å²) in [7, 11) is 0. The van der Waals surface area contributed by atoms with Gasteiger partial charge in [0.25, 0.3) is 0 Å². The zero-order valence-corrected chi connectivity index (χ0v) is 16.8. The summed E-state index contributed by atoms with van der Waals surface area (Å²) >= 11 is 1.21. The minimum Gasteiger partial charge on any atom is -0.368 e. The van der Waals surface area contributed by atoms with Gasteiger partial charge < -0.3 is 9.88 Å². The lowest BCUT2D eigenvalue weighted by molar-refractivity contribution is 0.261. The zero-order chi connectivity index (χ0) is 19.8. The fraction of sp³-hybridized carbons (Fsp3) is 0.261. The molecule has 29 heavy (non-hydrogen) atoms. The smallest absolute Gasteiger partial charge is 0.248 e. The third kappa shape index (κ3) is 3.78. The number of hydrogen-bond donors (Lipinski definition) is 1. The van der Waals surface area contributed by atoms with E-state index in [1.54, 1.807) is 12.1 Å². The van der Waals surface area contributed by atoms with E-state index in [9.17, 15) is 9.18 Å². The van der Waals surface area contributed by atoms with Crippen LogP contribution in [0, 0.1) is 5.13 Å². The first-order chi connectivity index (χ1) is 14.2. The van der Waals surface area contributed by atoms with Crippen molar-refractivity contribution in [3.05, 3.63) is 75.6 Å². The molecule has 6 heteroatoms. The lowest BCUT2D eigenvalue weighted by atomic mass is 10.1. The highest BCUT2D eigenvalue weighted by atomic mass is 32.1. The molecule has 1 fully saturated rings. The Balaban J connectivity index is 1.22. The molecular weight excluding hydrogens is 385 g/mol. The molecule has 2 aromatic carbocycles. The second-order valence-electron chi connectivity index (χ2n) is 7.56. The van der Waals surface area contributed by atoms with E-state index in [-0.39, 0.29) is 10.7 Å². The maximum Gasteiger partial charge on any atom is 0.248 e. The quantitative estimate of drug-likeness (QED) is 0.550. The molecule has 148 valence electrons. The van der Waals surface area contributed by atoms with Crippen LogP contribution in [0.5, 0.6) is 0 Å². The Hall–Kier alpha value is -2.70. The van der Waals surface area contributed by atoms with Crippen molar-refractivity contribution < 1.29 is 4.39 Å². The van der Waals surface area contributed by atoms with E-state index in [1.807, 2.05) is 24.3 Å². The predicted molar refractivity (Wildman–Crippen MR) is 119 cm³/mol. The van der Waals surface area contributed by atoms with E-state index < -0.39 is 0 Å². The molecule has 0 unspecified atom stereocenters. The molecule has 5 rings (SSSR count). The van der Waals surface area contributed by atoms with E-state index in [1.165, 1.54) is 16.9 Å². The number of halogens is 1. The molecule has 1 N–H and O–H groups in total. The van der Waals surface area contributed by atoms with Crippen LogP contribution >= 0.6 is 11.3 Å². The van der Waals surface area contributed by atoms with Crippen LogP contribution in [-0.4, -0.2) is 42.6 Å². The van der Waals surface area contributed by atoms with Gasteiger partial charge >= 0.3 is 0 Å². The number of nitrogens with one attached hydrogen (secondary N) is 1. The summed E-state index contributed by atoms with van der Waals surface area (Å²) in [5.74, 6) is 0. The molecule has 1 saturated heterocycles. The highest BCUT2D eigenvalue weighted by molar-refractivity contribution is 7.17. The summed E-state index contributed by atoms with van der Waals surface area (Å²) in [6.07, 6.45) is 0.986. The van der Waals surface area contributed by atoms with Crippen LogP contribution in [0.15, 0.2) is 59.4 Å². The Bertz CT molecular complexity index is 1220. The largest absolute Gasteiger partial charge is 0.368 e. The van der Waals surface area contributed by atoms with Gasteiger partial charge in [-0.2, -0.15) is 4.39 Å². The second-order valence-corrected chi connectivity index (χ2v) is 8.60. The number of pyridine rings is 1. The van der Waals surface area contributed by atoms with E-state index in [2.05, 4.69) is 33.0 Å². The van der Waals surface area contributed by atoms with Crippen molar-refractivity contribution >= 4 is 38.0 Å². The van der Waals surface area contributed by atoms with Crippen molar-refractivity contribution in [1.82, 2.24) is 9.88 Å². The summed E-state index contributed by atoms with van der Waals surface area (Å²) in [6, 6.07) is 17.5. The number of rotatable bonds is 4. The SMILES string of the molecule is O=c1ccc2cc(CCN3CCN(c4cccc5sc(F)cc45)CC3)ccc2[nH]1. The van der Waals surface area contributed by atoms with Gasteiger partial charge in [-0.3, -0.25) is 9.69 Å². The number of benzene rings is 2. The Morgan fingerprint density at radius 2 is 1.86 bits per heavy atom. The van der Waals surface area contributed by atoms with Gasteiger partial charge in [0, 0.05) is 60.1 Å². The summed E-state index contributed by atoms with van der Waals surface area (Å²) in [6.45, 7) is 4.93. The Kier molecular flexibility index (Phi) is 4.81. The van der Waals surface area contributed by atoms with Crippen molar-refractivity contribution in [1.29, 1.82) is 0 Å². The van der Waals surface area contributed by atoms with Gasteiger partial charge in [-0.15, -0.1) is 11.3 Å². The van der Waals surface area contributed by atoms with Crippen LogP contribution in [0.3, 0.4) is 0 Å². The molecule has 0 bridgehead atoms. The summed E-state index contributed by atoms with van der Waals surface area (Å²) in [5, 5.41) is 1.98.